The van der Waals surface area contributed by atoms with E-state index in [-0.39, 0.29) is 11.2 Å². The molecule has 19 heavy (non-hydrogen) atoms. The SMILES string of the molecule is NCC1(c2ccc3c(c2)CCS3(=O)=O)CCCCC1. The Balaban J connectivity index is 2.03. The van der Waals surface area contributed by atoms with E-state index in [1.165, 1.54) is 24.8 Å². The van der Waals surface area contributed by atoms with Gasteiger partial charge in [0.1, 0.15) is 0 Å². The van der Waals surface area contributed by atoms with Crippen molar-refractivity contribution in [1.29, 1.82) is 0 Å². The highest BCUT2D eigenvalue weighted by atomic mass is 32.2. The average Bonchev–Trinajstić information content (AvgIpc) is 2.75. The molecule has 0 unspecified atom stereocenters. The standard InChI is InChI=1S/C15H21NO2S/c16-11-15(7-2-1-3-8-15)13-4-5-14-12(10-13)6-9-19(14,17)18/h4-5,10H,1-3,6-9,11,16H2. The quantitative estimate of drug-likeness (QED) is 0.902. The van der Waals surface area contributed by atoms with E-state index in [0.717, 1.165) is 18.4 Å². The minimum Gasteiger partial charge on any atom is -0.330 e. The van der Waals surface area contributed by atoms with Crippen molar-refractivity contribution < 1.29 is 8.42 Å². The molecule has 1 aliphatic heterocycles. The first-order chi connectivity index (χ1) is 9.07. The number of sulfone groups is 1. The van der Waals surface area contributed by atoms with Crippen LogP contribution in [0.1, 0.15) is 43.2 Å². The van der Waals surface area contributed by atoms with E-state index in [2.05, 4.69) is 6.07 Å². The van der Waals surface area contributed by atoms with Crippen LogP contribution in [0.25, 0.3) is 0 Å². The number of aryl methyl sites for hydroxylation is 1. The second kappa shape index (κ2) is 4.60. The van der Waals surface area contributed by atoms with Crippen LogP contribution in [0.2, 0.25) is 0 Å². The Hall–Kier alpha value is -0.870. The lowest BCUT2D eigenvalue weighted by Crippen LogP contribution is -2.37. The van der Waals surface area contributed by atoms with Gasteiger partial charge in [-0.25, -0.2) is 8.42 Å². The predicted octanol–water partition coefficient (Wildman–Crippen LogP) is 2.18. The van der Waals surface area contributed by atoms with Crippen LogP contribution in [0.5, 0.6) is 0 Å². The van der Waals surface area contributed by atoms with E-state index in [1.807, 2.05) is 6.07 Å². The summed E-state index contributed by atoms with van der Waals surface area (Å²) in [6, 6.07) is 5.91. The molecule has 1 aromatic carbocycles. The highest BCUT2D eigenvalue weighted by molar-refractivity contribution is 7.91. The largest absolute Gasteiger partial charge is 0.330 e. The van der Waals surface area contributed by atoms with Crippen molar-refractivity contribution in [3.8, 4) is 0 Å². The van der Waals surface area contributed by atoms with Crippen molar-refractivity contribution in [3.05, 3.63) is 29.3 Å². The molecule has 0 bridgehead atoms. The van der Waals surface area contributed by atoms with Crippen molar-refractivity contribution in [3.63, 3.8) is 0 Å². The first-order valence-corrected chi connectivity index (χ1v) is 8.79. The third-order valence-electron chi connectivity index (χ3n) is 4.85. The number of rotatable bonds is 2. The van der Waals surface area contributed by atoms with Crippen molar-refractivity contribution in [1.82, 2.24) is 0 Å². The lowest BCUT2D eigenvalue weighted by Gasteiger charge is -2.37. The molecule has 0 saturated heterocycles. The summed E-state index contributed by atoms with van der Waals surface area (Å²) in [4.78, 5) is 0.541. The van der Waals surface area contributed by atoms with Gasteiger partial charge in [-0.1, -0.05) is 31.4 Å². The van der Waals surface area contributed by atoms with E-state index in [9.17, 15) is 8.42 Å². The highest BCUT2D eigenvalue weighted by Crippen LogP contribution is 2.40. The maximum atomic E-state index is 11.9. The molecule has 1 fully saturated rings. The zero-order valence-electron chi connectivity index (χ0n) is 11.2. The third kappa shape index (κ3) is 2.11. The van der Waals surface area contributed by atoms with E-state index in [4.69, 9.17) is 5.73 Å². The van der Waals surface area contributed by atoms with Crippen LogP contribution in [-0.4, -0.2) is 20.7 Å². The van der Waals surface area contributed by atoms with Gasteiger partial charge in [-0.2, -0.15) is 0 Å². The summed E-state index contributed by atoms with van der Waals surface area (Å²) in [5.74, 6) is 0.265. The Morgan fingerprint density at radius 2 is 1.89 bits per heavy atom. The molecule has 0 radical (unpaired) electrons. The molecule has 3 rings (SSSR count). The molecule has 2 N–H and O–H groups in total. The first-order valence-electron chi connectivity index (χ1n) is 7.14. The first kappa shape index (κ1) is 13.1. The molecule has 3 nitrogen and oxygen atoms in total. The fourth-order valence-electron chi connectivity index (χ4n) is 3.60. The van der Waals surface area contributed by atoms with E-state index < -0.39 is 9.84 Å². The molecule has 1 aliphatic carbocycles. The monoisotopic (exact) mass is 279 g/mol. The molecule has 0 atom stereocenters. The van der Waals surface area contributed by atoms with Crippen LogP contribution in [0.4, 0.5) is 0 Å². The number of hydrogen-bond acceptors (Lipinski definition) is 3. The Bertz CT molecular complexity index is 586. The Morgan fingerprint density at radius 1 is 1.16 bits per heavy atom. The minimum absolute atomic E-state index is 0.0830. The van der Waals surface area contributed by atoms with Gasteiger partial charge < -0.3 is 5.73 Å². The van der Waals surface area contributed by atoms with Gasteiger partial charge in [-0.3, -0.25) is 0 Å². The molecule has 0 aromatic heterocycles. The van der Waals surface area contributed by atoms with Gasteiger partial charge in [0.25, 0.3) is 0 Å². The molecule has 1 heterocycles. The summed E-state index contributed by atoms with van der Waals surface area (Å²) >= 11 is 0. The number of nitrogens with two attached hydrogens (primary N) is 1. The molecule has 0 amide bonds. The molecule has 2 aliphatic rings. The van der Waals surface area contributed by atoms with Crippen molar-refractivity contribution in [2.24, 2.45) is 5.73 Å². The highest BCUT2D eigenvalue weighted by Gasteiger charge is 2.34. The molecular weight excluding hydrogens is 258 g/mol. The fraction of sp³-hybridized carbons (Fsp3) is 0.600. The molecule has 4 heteroatoms. The molecule has 0 spiro atoms. The van der Waals surface area contributed by atoms with Crippen molar-refractivity contribution >= 4 is 9.84 Å². The van der Waals surface area contributed by atoms with Gasteiger partial charge in [0.2, 0.25) is 0 Å². The zero-order chi connectivity index (χ0) is 13.5. The van der Waals surface area contributed by atoms with Crippen LogP contribution in [-0.2, 0) is 21.7 Å². The van der Waals surface area contributed by atoms with Crippen LogP contribution in [0.15, 0.2) is 23.1 Å². The summed E-state index contributed by atoms with van der Waals surface area (Å²) in [6.45, 7) is 0.665. The van der Waals surface area contributed by atoms with E-state index >= 15 is 0 Å². The van der Waals surface area contributed by atoms with Gasteiger partial charge in [-0.05, 0) is 36.5 Å². The molecular formula is C15H21NO2S. The third-order valence-corrected chi connectivity index (χ3v) is 6.66. The van der Waals surface area contributed by atoms with Crippen molar-refractivity contribution in [2.45, 2.75) is 48.8 Å². The second-order valence-electron chi connectivity index (χ2n) is 5.94. The van der Waals surface area contributed by atoms with Gasteiger partial charge in [0, 0.05) is 12.0 Å². The summed E-state index contributed by atoms with van der Waals surface area (Å²) < 4.78 is 23.7. The summed E-state index contributed by atoms with van der Waals surface area (Å²) in [7, 11) is -3.01. The van der Waals surface area contributed by atoms with Crippen molar-refractivity contribution in [2.75, 3.05) is 12.3 Å². The molecule has 1 aromatic rings. The normalized spacial score (nSPS) is 24.1. The molecule has 1 saturated carbocycles. The Kier molecular flexibility index (Phi) is 3.18. The van der Waals surface area contributed by atoms with Crippen LogP contribution in [0.3, 0.4) is 0 Å². The lowest BCUT2D eigenvalue weighted by atomic mass is 9.69. The zero-order valence-corrected chi connectivity index (χ0v) is 12.0. The maximum Gasteiger partial charge on any atom is 0.178 e. The number of hydrogen-bond donors (Lipinski definition) is 1. The fourth-order valence-corrected chi connectivity index (χ4v) is 5.15. The van der Waals surface area contributed by atoms with Crippen LogP contribution in [0, 0.1) is 0 Å². The minimum atomic E-state index is -3.01. The van der Waals surface area contributed by atoms with Gasteiger partial charge >= 0.3 is 0 Å². The maximum absolute atomic E-state index is 11.9. The van der Waals surface area contributed by atoms with E-state index in [0.29, 0.717) is 17.9 Å². The topological polar surface area (TPSA) is 60.2 Å². The summed E-state index contributed by atoms with van der Waals surface area (Å²) in [5, 5.41) is 0. The van der Waals surface area contributed by atoms with Gasteiger partial charge in [0.15, 0.2) is 9.84 Å². The number of fused-ring (bicyclic) bond motifs is 1. The Morgan fingerprint density at radius 3 is 2.58 bits per heavy atom. The van der Waals surface area contributed by atoms with E-state index in [1.54, 1.807) is 6.07 Å². The summed E-state index contributed by atoms with van der Waals surface area (Å²) in [6.07, 6.45) is 6.68. The Labute approximate surface area is 115 Å². The summed E-state index contributed by atoms with van der Waals surface area (Å²) in [5.41, 5.74) is 8.38. The van der Waals surface area contributed by atoms with Gasteiger partial charge in [-0.15, -0.1) is 0 Å². The second-order valence-corrected chi connectivity index (χ2v) is 8.01. The molecule has 104 valence electrons. The van der Waals surface area contributed by atoms with Crippen LogP contribution >= 0.6 is 0 Å². The number of benzene rings is 1. The smallest absolute Gasteiger partial charge is 0.178 e. The van der Waals surface area contributed by atoms with Crippen LogP contribution < -0.4 is 5.73 Å². The van der Waals surface area contributed by atoms with Gasteiger partial charge in [0.05, 0.1) is 10.6 Å². The average molecular weight is 279 g/mol. The predicted molar refractivity (Wildman–Crippen MR) is 76.0 cm³/mol. The lowest BCUT2D eigenvalue weighted by molar-refractivity contribution is 0.300.